The van der Waals surface area contributed by atoms with Crippen LogP contribution in [0.4, 0.5) is 0 Å². The summed E-state index contributed by atoms with van der Waals surface area (Å²) in [5.41, 5.74) is 1.18. The van der Waals surface area contributed by atoms with Gasteiger partial charge in [0.2, 0.25) is 0 Å². The van der Waals surface area contributed by atoms with Crippen LogP contribution in [-0.2, 0) is 4.79 Å². The normalized spacial score (nSPS) is 22.4. The number of hydrogen-bond acceptors (Lipinski definition) is 4. The van der Waals surface area contributed by atoms with E-state index in [1.54, 1.807) is 27.6 Å². The fourth-order valence-electron chi connectivity index (χ4n) is 2.59. The van der Waals surface area contributed by atoms with Gasteiger partial charge in [-0.25, -0.2) is 0 Å². The zero-order valence-corrected chi connectivity index (χ0v) is 10.9. The third-order valence-corrected chi connectivity index (χ3v) is 3.75. The van der Waals surface area contributed by atoms with Gasteiger partial charge in [-0.2, -0.15) is 0 Å². The van der Waals surface area contributed by atoms with Gasteiger partial charge in [0.25, 0.3) is 5.91 Å². The number of nitrogens with zero attached hydrogens (tertiary/aromatic N) is 4. The number of aromatic nitrogens is 3. The topological polar surface area (TPSA) is 87.8 Å². The third-order valence-electron chi connectivity index (χ3n) is 3.75. The Morgan fingerprint density at radius 3 is 2.85 bits per heavy atom. The zero-order chi connectivity index (χ0) is 14.3. The van der Waals surface area contributed by atoms with Crippen LogP contribution in [0.25, 0.3) is 5.65 Å². The molecule has 2 atom stereocenters. The maximum Gasteiger partial charge on any atom is 0.308 e. The molecule has 0 aromatic carbocycles. The summed E-state index contributed by atoms with van der Waals surface area (Å²) in [7, 11) is 0. The standard InChI is InChI=1S/C13H14N4O3/c1-8-4-16(6-10(8)13(19)20)12(18)9-2-3-11-15-14-7-17(11)5-9/h2-3,5,7-8,10H,4,6H2,1H3,(H,19,20)/t8-,10-/m1/s1. The molecule has 0 spiro atoms. The molecule has 0 aliphatic carbocycles. The summed E-state index contributed by atoms with van der Waals surface area (Å²) in [4.78, 5) is 25.1. The van der Waals surface area contributed by atoms with Crippen molar-refractivity contribution in [3.63, 3.8) is 0 Å². The highest BCUT2D eigenvalue weighted by atomic mass is 16.4. The van der Waals surface area contributed by atoms with E-state index in [2.05, 4.69) is 10.2 Å². The molecular formula is C13H14N4O3. The van der Waals surface area contributed by atoms with E-state index in [9.17, 15) is 9.59 Å². The fraction of sp³-hybridized carbons (Fsp3) is 0.385. The second kappa shape index (κ2) is 4.59. The molecule has 104 valence electrons. The Bertz CT molecular complexity index is 681. The number of rotatable bonds is 2. The van der Waals surface area contributed by atoms with Gasteiger partial charge in [-0.1, -0.05) is 6.92 Å². The predicted octanol–water partition coefficient (Wildman–Crippen LogP) is 0.522. The molecule has 2 aromatic heterocycles. The Hall–Kier alpha value is -2.44. The first-order chi connectivity index (χ1) is 9.56. The van der Waals surface area contributed by atoms with Crippen LogP contribution < -0.4 is 0 Å². The number of hydrogen-bond donors (Lipinski definition) is 1. The predicted molar refractivity (Wildman–Crippen MR) is 69.2 cm³/mol. The second-order valence-electron chi connectivity index (χ2n) is 5.15. The fourth-order valence-corrected chi connectivity index (χ4v) is 2.59. The molecule has 1 saturated heterocycles. The Balaban J connectivity index is 1.84. The minimum Gasteiger partial charge on any atom is -0.481 e. The van der Waals surface area contributed by atoms with Gasteiger partial charge in [-0.15, -0.1) is 10.2 Å². The molecule has 0 unspecified atom stereocenters. The number of aliphatic carboxylic acids is 1. The Morgan fingerprint density at radius 1 is 1.35 bits per heavy atom. The SMILES string of the molecule is C[C@@H]1CN(C(=O)c2ccc3nncn3c2)C[C@H]1C(=O)O. The summed E-state index contributed by atoms with van der Waals surface area (Å²) in [5.74, 6) is -1.52. The summed E-state index contributed by atoms with van der Waals surface area (Å²) in [6.45, 7) is 2.58. The van der Waals surface area contributed by atoms with Crippen LogP contribution in [0, 0.1) is 11.8 Å². The number of carbonyl (C=O) groups excluding carboxylic acids is 1. The summed E-state index contributed by atoms with van der Waals surface area (Å²) in [5, 5.41) is 16.7. The first kappa shape index (κ1) is 12.6. The van der Waals surface area contributed by atoms with Crippen molar-refractivity contribution in [1.82, 2.24) is 19.5 Å². The van der Waals surface area contributed by atoms with Gasteiger partial charge in [-0.05, 0) is 18.1 Å². The molecule has 1 N–H and O–H groups in total. The summed E-state index contributed by atoms with van der Waals surface area (Å²) < 4.78 is 1.67. The molecule has 3 rings (SSSR count). The molecule has 7 nitrogen and oxygen atoms in total. The Labute approximate surface area is 114 Å². The van der Waals surface area contributed by atoms with E-state index in [0.717, 1.165) is 0 Å². The van der Waals surface area contributed by atoms with E-state index >= 15 is 0 Å². The van der Waals surface area contributed by atoms with Crippen molar-refractivity contribution in [2.24, 2.45) is 11.8 Å². The zero-order valence-electron chi connectivity index (χ0n) is 10.9. The van der Waals surface area contributed by atoms with Crippen LogP contribution in [0.2, 0.25) is 0 Å². The van der Waals surface area contributed by atoms with Crippen LogP contribution in [0.15, 0.2) is 24.7 Å². The van der Waals surface area contributed by atoms with E-state index in [-0.39, 0.29) is 18.4 Å². The number of likely N-dealkylation sites (tertiary alicyclic amines) is 1. The lowest BCUT2D eigenvalue weighted by Gasteiger charge is -2.15. The molecule has 1 fully saturated rings. The van der Waals surface area contributed by atoms with Crippen molar-refractivity contribution in [3.8, 4) is 0 Å². The quantitative estimate of drug-likeness (QED) is 0.862. The Kier molecular flexibility index (Phi) is 2.89. The first-order valence-electron chi connectivity index (χ1n) is 6.37. The highest BCUT2D eigenvalue weighted by Crippen LogP contribution is 2.24. The Morgan fingerprint density at radius 2 is 2.15 bits per heavy atom. The highest BCUT2D eigenvalue weighted by molar-refractivity contribution is 5.94. The smallest absolute Gasteiger partial charge is 0.308 e. The van der Waals surface area contributed by atoms with Gasteiger partial charge in [-0.3, -0.25) is 14.0 Å². The number of carboxylic acid groups (broad SMARTS) is 1. The van der Waals surface area contributed by atoms with E-state index in [4.69, 9.17) is 5.11 Å². The number of fused-ring (bicyclic) bond motifs is 1. The van der Waals surface area contributed by atoms with Crippen molar-refractivity contribution in [1.29, 1.82) is 0 Å². The lowest BCUT2D eigenvalue weighted by molar-refractivity contribution is -0.142. The van der Waals surface area contributed by atoms with Crippen LogP contribution in [0.1, 0.15) is 17.3 Å². The summed E-state index contributed by atoms with van der Waals surface area (Å²) in [6.07, 6.45) is 3.19. The van der Waals surface area contributed by atoms with E-state index in [0.29, 0.717) is 17.8 Å². The number of carboxylic acids is 1. The monoisotopic (exact) mass is 274 g/mol. The minimum atomic E-state index is -0.845. The number of carbonyl (C=O) groups is 2. The molecule has 2 aromatic rings. The average Bonchev–Trinajstić information content (AvgIpc) is 3.02. The van der Waals surface area contributed by atoms with E-state index in [1.807, 2.05) is 6.92 Å². The molecule has 3 heterocycles. The van der Waals surface area contributed by atoms with Crippen LogP contribution in [-0.4, -0.2) is 49.6 Å². The van der Waals surface area contributed by atoms with Crippen LogP contribution in [0.5, 0.6) is 0 Å². The highest BCUT2D eigenvalue weighted by Gasteiger charge is 2.37. The van der Waals surface area contributed by atoms with Crippen molar-refractivity contribution in [2.75, 3.05) is 13.1 Å². The van der Waals surface area contributed by atoms with Gasteiger partial charge in [0.05, 0.1) is 11.5 Å². The molecule has 0 saturated carbocycles. The largest absolute Gasteiger partial charge is 0.481 e. The third kappa shape index (κ3) is 2.01. The molecule has 1 aliphatic heterocycles. The maximum atomic E-state index is 12.4. The molecule has 20 heavy (non-hydrogen) atoms. The molecule has 1 amide bonds. The van der Waals surface area contributed by atoms with E-state index < -0.39 is 11.9 Å². The van der Waals surface area contributed by atoms with Crippen molar-refractivity contribution < 1.29 is 14.7 Å². The number of pyridine rings is 1. The van der Waals surface area contributed by atoms with Gasteiger partial charge < -0.3 is 10.0 Å². The van der Waals surface area contributed by atoms with Crippen LogP contribution in [0.3, 0.4) is 0 Å². The minimum absolute atomic E-state index is 0.0323. The lowest BCUT2D eigenvalue weighted by Crippen LogP contribution is -2.30. The van der Waals surface area contributed by atoms with E-state index in [1.165, 1.54) is 6.33 Å². The van der Waals surface area contributed by atoms with Crippen molar-refractivity contribution in [3.05, 3.63) is 30.2 Å². The first-order valence-corrected chi connectivity index (χ1v) is 6.37. The molecule has 7 heteroatoms. The van der Waals surface area contributed by atoms with Crippen molar-refractivity contribution >= 4 is 17.5 Å². The molecule has 1 aliphatic rings. The molecule has 0 bridgehead atoms. The molecular weight excluding hydrogens is 260 g/mol. The van der Waals surface area contributed by atoms with Gasteiger partial charge in [0.1, 0.15) is 6.33 Å². The summed E-state index contributed by atoms with van der Waals surface area (Å²) >= 11 is 0. The average molecular weight is 274 g/mol. The maximum absolute atomic E-state index is 12.4. The van der Waals surface area contributed by atoms with Crippen molar-refractivity contribution in [2.45, 2.75) is 6.92 Å². The second-order valence-corrected chi connectivity index (χ2v) is 5.15. The van der Waals surface area contributed by atoms with Gasteiger partial charge in [0, 0.05) is 19.3 Å². The van der Waals surface area contributed by atoms with Crippen LogP contribution >= 0.6 is 0 Å². The summed E-state index contributed by atoms with van der Waals surface area (Å²) in [6, 6.07) is 3.40. The lowest BCUT2D eigenvalue weighted by atomic mass is 9.99. The molecule has 0 radical (unpaired) electrons. The van der Waals surface area contributed by atoms with Gasteiger partial charge >= 0.3 is 5.97 Å². The van der Waals surface area contributed by atoms with Gasteiger partial charge in [0.15, 0.2) is 5.65 Å². The number of amides is 1.